The number of ketones is 1. The first-order valence-corrected chi connectivity index (χ1v) is 10.5. The molecule has 0 saturated carbocycles. The third-order valence-corrected chi connectivity index (χ3v) is 5.52. The Morgan fingerprint density at radius 1 is 0.957 bits per heavy atom. The van der Waals surface area contributed by atoms with Crippen molar-refractivity contribution in [2.75, 3.05) is 0 Å². The van der Waals surface area contributed by atoms with E-state index in [0.29, 0.717) is 0 Å². The van der Waals surface area contributed by atoms with Crippen molar-refractivity contribution >= 4 is 17.1 Å². The monoisotopic (exact) mass is 337 g/mol. The zero-order valence-corrected chi connectivity index (χ0v) is 16.0. The maximum absolute atomic E-state index is 11.8. The van der Waals surface area contributed by atoms with Crippen molar-refractivity contribution in [1.82, 2.24) is 4.98 Å². The summed E-state index contributed by atoms with van der Waals surface area (Å²) in [6, 6.07) is 0. The number of hydrogen-bond donors (Lipinski definition) is 0. The number of nitrogens with zero attached hydrogens (tertiary/aromatic N) is 1. The van der Waals surface area contributed by atoms with Crippen LogP contribution in [0.2, 0.25) is 0 Å². The van der Waals surface area contributed by atoms with Crippen LogP contribution in [0.1, 0.15) is 108 Å². The van der Waals surface area contributed by atoms with Crippen molar-refractivity contribution in [2.24, 2.45) is 0 Å². The van der Waals surface area contributed by atoms with Crippen molar-refractivity contribution in [2.45, 2.75) is 103 Å². The maximum Gasteiger partial charge on any atom is 0.138 e. The molecule has 132 valence electrons. The Bertz CT molecular complexity index is 388. The molecule has 0 fully saturated rings. The summed E-state index contributed by atoms with van der Waals surface area (Å²) < 4.78 is 0. The fourth-order valence-corrected chi connectivity index (χ4v) is 3.95. The quantitative estimate of drug-likeness (QED) is 0.325. The zero-order chi connectivity index (χ0) is 16.8. The van der Waals surface area contributed by atoms with Gasteiger partial charge < -0.3 is 0 Å². The molecule has 0 aliphatic carbocycles. The lowest BCUT2D eigenvalue weighted by Crippen LogP contribution is -2.07. The van der Waals surface area contributed by atoms with E-state index >= 15 is 0 Å². The highest BCUT2D eigenvalue weighted by atomic mass is 32.1. The molecule has 0 spiro atoms. The van der Waals surface area contributed by atoms with Crippen LogP contribution in [-0.4, -0.2) is 10.8 Å². The van der Waals surface area contributed by atoms with Gasteiger partial charge in [0.1, 0.15) is 5.78 Å². The molecule has 0 N–H and O–H groups in total. The van der Waals surface area contributed by atoms with Gasteiger partial charge in [0.2, 0.25) is 0 Å². The molecule has 3 heteroatoms. The second kappa shape index (κ2) is 13.7. The molecule has 1 unspecified atom stereocenters. The molecule has 23 heavy (non-hydrogen) atoms. The summed E-state index contributed by atoms with van der Waals surface area (Å²) in [5, 5.41) is 0. The Kier molecular flexibility index (Phi) is 12.1. The molecule has 1 rings (SSSR count). The number of thiazole rings is 1. The van der Waals surface area contributed by atoms with Crippen LogP contribution in [0.3, 0.4) is 0 Å². The Morgan fingerprint density at radius 2 is 1.48 bits per heavy atom. The second-order valence-electron chi connectivity index (χ2n) is 6.74. The molecule has 1 atom stereocenters. The second-order valence-corrected chi connectivity index (χ2v) is 7.66. The highest BCUT2D eigenvalue weighted by molar-refractivity contribution is 7.09. The van der Waals surface area contributed by atoms with Gasteiger partial charge in [0.15, 0.2) is 0 Å². The van der Waals surface area contributed by atoms with E-state index in [9.17, 15) is 4.79 Å². The molecule has 0 amide bonds. The summed E-state index contributed by atoms with van der Waals surface area (Å²) in [4.78, 5) is 17.0. The molecule has 0 aliphatic heterocycles. The van der Waals surface area contributed by atoms with Crippen LogP contribution in [0.4, 0.5) is 0 Å². The van der Waals surface area contributed by atoms with Gasteiger partial charge in [-0.25, -0.2) is 0 Å². The molecule has 0 radical (unpaired) electrons. The Balaban J connectivity index is 1.94. The van der Waals surface area contributed by atoms with E-state index in [1.807, 2.05) is 11.7 Å². The van der Waals surface area contributed by atoms with E-state index in [-0.39, 0.29) is 11.7 Å². The summed E-state index contributed by atoms with van der Waals surface area (Å²) in [5.41, 5.74) is 1.83. The molecule has 0 saturated heterocycles. The highest BCUT2D eigenvalue weighted by Gasteiger charge is 2.17. The van der Waals surface area contributed by atoms with Crippen molar-refractivity contribution in [3.8, 4) is 0 Å². The van der Waals surface area contributed by atoms with Crippen molar-refractivity contribution in [1.29, 1.82) is 0 Å². The van der Waals surface area contributed by atoms with Crippen LogP contribution in [0, 0.1) is 0 Å². The molecule has 1 aromatic rings. The van der Waals surface area contributed by atoms with Gasteiger partial charge >= 0.3 is 0 Å². The van der Waals surface area contributed by atoms with E-state index in [2.05, 4.69) is 11.9 Å². The van der Waals surface area contributed by atoms with Crippen LogP contribution in [0.25, 0.3) is 0 Å². The first-order valence-electron chi connectivity index (χ1n) is 9.64. The van der Waals surface area contributed by atoms with Crippen LogP contribution >= 0.6 is 11.3 Å². The summed E-state index contributed by atoms with van der Waals surface area (Å²) in [6.07, 6.45) is 19.2. The minimum atomic E-state index is 0.0885. The predicted octanol–water partition coefficient (Wildman–Crippen LogP) is 6.91. The molecule has 0 aliphatic rings. The average Bonchev–Trinajstić information content (AvgIpc) is 3.05. The van der Waals surface area contributed by atoms with E-state index in [1.165, 1.54) is 77.0 Å². The molecule has 1 heterocycles. The summed E-state index contributed by atoms with van der Waals surface area (Å²) in [6.45, 7) is 3.99. The standard InChI is InChI=1S/C20H35NOS/c1-3-4-5-6-7-8-9-10-11-12-13-14-15-19(18(2)22)20-16-21-17-23-20/h16-17,19H,3-15H2,1-2H3. The van der Waals surface area contributed by atoms with Gasteiger partial charge in [-0.3, -0.25) is 9.78 Å². The number of carbonyl (C=O) groups is 1. The van der Waals surface area contributed by atoms with Crippen molar-refractivity contribution in [3.05, 3.63) is 16.6 Å². The zero-order valence-electron chi connectivity index (χ0n) is 15.2. The largest absolute Gasteiger partial charge is 0.299 e. The number of unbranched alkanes of at least 4 members (excludes halogenated alkanes) is 11. The number of Topliss-reactive ketones (excluding diaryl/α,β-unsaturated/α-hetero) is 1. The first kappa shape index (κ1) is 20.3. The summed E-state index contributed by atoms with van der Waals surface area (Å²) >= 11 is 1.61. The molecule has 0 aromatic carbocycles. The molecule has 0 bridgehead atoms. The van der Waals surface area contributed by atoms with E-state index in [0.717, 1.165) is 11.3 Å². The van der Waals surface area contributed by atoms with Gasteiger partial charge in [0.05, 0.1) is 11.4 Å². The normalized spacial score (nSPS) is 12.4. The van der Waals surface area contributed by atoms with E-state index in [4.69, 9.17) is 0 Å². The number of aromatic nitrogens is 1. The first-order chi connectivity index (χ1) is 11.3. The van der Waals surface area contributed by atoms with Crippen LogP contribution < -0.4 is 0 Å². The van der Waals surface area contributed by atoms with Gasteiger partial charge in [-0.15, -0.1) is 11.3 Å². The topological polar surface area (TPSA) is 30.0 Å². The van der Waals surface area contributed by atoms with Crippen molar-refractivity contribution < 1.29 is 4.79 Å². The lowest BCUT2D eigenvalue weighted by Gasteiger charge is -2.11. The number of carbonyl (C=O) groups excluding carboxylic acids is 1. The third kappa shape index (κ3) is 9.91. The van der Waals surface area contributed by atoms with E-state index in [1.54, 1.807) is 18.3 Å². The molecular weight excluding hydrogens is 302 g/mol. The van der Waals surface area contributed by atoms with Gasteiger partial charge in [-0.1, -0.05) is 84.0 Å². The fraction of sp³-hybridized carbons (Fsp3) is 0.800. The summed E-state index contributed by atoms with van der Waals surface area (Å²) in [7, 11) is 0. The van der Waals surface area contributed by atoms with Gasteiger partial charge in [0, 0.05) is 11.1 Å². The average molecular weight is 338 g/mol. The fourth-order valence-electron chi connectivity index (χ4n) is 3.13. The minimum absolute atomic E-state index is 0.0885. The third-order valence-electron chi connectivity index (χ3n) is 4.63. The SMILES string of the molecule is CCCCCCCCCCCCCCC(C(C)=O)c1cncs1. The van der Waals surface area contributed by atoms with Gasteiger partial charge in [-0.2, -0.15) is 0 Å². The lowest BCUT2D eigenvalue weighted by atomic mass is 9.96. The smallest absolute Gasteiger partial charge is 0.138 e. The minimum Gasteiger partial charge on any atom is -0.299 e. The highest BCUT2D eigenvalue weighted by Crippen LogP contribution is 2.26. The molecular formula is C20H35NOS. The maximum atomic E-state index is 11.8. The Hall–Kier alpha value is -0.700. The van der Waals surface area contributed by atoms with Crippen molar-refractivity contribution in [3.63, 3.8) is 0 Å². The number of rotatable bonds is 15. The molecule has 1 aromatic heterocycles. The Morgan fingerprint density at radius 3 is 1.91 bits per heavy atom. The van der Waals surface area contributed by atoms with Crippen LogP contribution in [-0.2, 0) is 4.79 Å². The number of hydrogen-bond acceptors (Lipinski definition) is 3. The summed E-state index contributed by atoms with van der Waals surface area (Å²) in [5.74, 6) is 0.378. The van der Waals surface area contributed by atoms with Crippen LogP contribution in [0.5, 0.6) is 0 Å². The van der Waals surface area contributed by atoms with Crippen LogP contribution in [0.15, 0.2) is 11.7 Å². The van der Waals surface area contributed by atoms with Gasteiger partial charge in [0.25, 0.3) is 0 Å². The van der Waals surface area contributed by atoms with E-state index < -0.39 is 0 Å². The lowest BCUT2D eigenvalue weighted by molar-refractivity contribution is -0.118. The Labute approximate surface area is 147 Å². The predicted molar refractivity (Wildman–Crippen MR) is 101 cm³/mol. The van der Waals surface area contributed by atoms with Gasteiger partial charge in [-0.05, 0) is 13.3 Å². The molecule has 2 nitrogen and oxygen atoms in total.